The lowest BCUT2D eigenvalue weighted by Crippen LogP contribution is -2.29. The van der Waals surface area contributed by atoms with Crippen LogP contribution in [0.5, 0.6) is 5.75 Å². The first kappa shape index (κ1) is 20.5. The van der Waals surface area contributed by atoms with Gasteiger partial charge in [0.15, 0.2) is 6.10 Å². The van der Waals surface area contributed by atoms with E-state index in [4.69, 9.17) is 14.7 Å². The Morgan fingerprint density at radius 1 is 1.25 bits per heavy atom. The molecule has 1 N–H and O–H groups in total. The van der Waals surface area contributed by atoms with Crippen molar-refractivity contribution < 1.29 is 19.1 Å². The van der Waals surface area contributed by atoms with Crippen molar-refractivity contribution >= 4 is 23.6 Å². The lowest BCUT2D eigenvalue weighted by atomic mass is 10.2. The number of benzene rings is 2. The Kier molecular flexibility index (Phi) is 7.55. The summed E-state index contributed by atoms with van der Waals surface area (Å²) >= 11 is 0. The van der Waals surface area contributed by atoms with Gasteiger partial charge in [-0.15, -0.1) is 0 Å². The SMILES string of the molecule is C=CCOc1ccc(C=CC(=O)OC(C)C(=O)Nc2cccc(C#N)c2)cc1. The fourth-order valence-corrected chi connectivity index (χ4v) is 2.17. The first-order chi connectivity index (χ1) is 13.5. The molecule has 0 spiro atoms. The number of carbonyl (C=O) groups excluding carboxylic acids is 2. The van der Waals surface area contributed by atoms with Crippen LogP contribution in [-0.2, 0) is 14.3 Å². The van der Waals surface area contributed by atoms with Crippen molar-refractivity contribution in [2.45, 2.75) is 13.0 Å². The van der Waals surface area contributed by atoms with Crippen LogP contribution in [-0.4, -0.2) is 24.6 Å². The summed E-state index contributed by atoms with van der Waals surface area (Å²) in [6.07, 6.45) is 3.50. The summed E-state index contributed by atoms with van der Waals surface area (Å²) in [4.78, 5) is 24.1. The lowest BCUT2D eigenvalue weighted by molar-refractivity contribution is -0.148. The molecule has 0 aromatic heterocycles. The van der Waals surface area contributed by atoms with Gasteiger partial charge < -0.3 is 14.8 Å². The van der Waals surface area contributed by atoms with E-state index in [1.807, 2.05) is 6.07 Å². The Balaban J connectivity index is 1.87. The third-order valence-electron chi connectivity index (χ3n) is 3.58. The average molecular weight is 376 g/mol. The molecule has 0 aliphatic rings. The Morgan fingerprint density at radius 3 is 2.68 bits per heavy atom. The number of amides is 1. The first-order valence-electron chi connectivity index (χ1n) is 8.55. The molecule has 0 saturated carbocycles. The van der Waals surface area contributed by atoms with E-state index in [9.17, 15) is 9.59 Å². The maximum absolute atomic E-state index is 12.1. The standard InChI is InChI=1S/C22H20N2O4/c1-3-13-27-20-10-7-17(8-11-20)9-12-21(25)28-16(2)22(26)24-19-6-4-5-18(14-19)15-23/h3-12,14,16H,1,13H2,2H3,(H,24,26). The van der Waals surface area contributed by atoms with E-state index in [0.717, 1.165) is 5.56 Å². The third kappa shape index (κ3) is 6.46. The number of hydrogen-bond acceptors (Lipinski definition) is 5. The zero-order valence-electron chi connectivity index (χ0n) is 15.4. The topological polar surface area (TPSA) is 88.4 Å². The lowest BCUT2D eigenvalue weighted by Gasteiger charge is -2.12. The summed E-state index contributed by atoms with van der Waals surface area (Å²) in [5, 5.41) is 11.5. The van der Waals surface area contributed by atoms with Crippen LogP contribution < -0.4 is 10.1 Å². The zero-order chi connectivity index (χ0) is 20.4. The van der Waals surface area contributed by atoms with Crippen LogP contribution in [0.3, 0.4) is 0 Å². The van der Waals surface area contributed by atoms with Gasteiger partial charge in [0, 0.05) is 11.8 Å². The van der Waals surface area contributed by atoms with E-state index in [0.29, 0.717) is 23.6 Å². The van der Waals surface area contributed by atoms with Crippen molar-refractivity contribution in [2.24, 2.45) is 0 Å². The highest BCUT2D eigenvalue weighted by Gasteiger charge is 2.16. The smallest absolute Gasteiger partial charge is 0.331 e. The van der Waals surface area contributed by atoms with Crippen molar-refractivity contribution in [1.82, 2.24) is 0 Å². The van der Waals surface area contributed by atoms with E-state index < -0.39 is 18.0 Å². The summed E-state index contributed by atoms with van der Waals surface area (Å²) in [5.41, 5.74) is 1.67. The van der Waals surface area contributed by atoms with Gasteiger partial charge in [0.1, 0.15) is 12.4 Å². The summed E-state index contributed by atoms with van der Waals surface area (Å²) in [7, 11) is 0. The number of nitrogens with one attached hydrogen (secondary N) is 1. The highest BCUT2D eigenvalue weighted by atomic mass is 16.5. The predicted octanol–water partition coefficient (Wildman–Crippen LogP) is 3.71. The van der Waals surface area contributed by atoms with Crippen LogP contribution in [0.25, 0.3) is 6.08 Å². The second-order valence-corrected chi connectivity index (χ2v) is 5.76. The number of anilines is 1. The summed E-state index contributed by atoms with van der Waals surface area (Å²) in [6, 6.07) is 15.6. The van der Waals surface area contributed by atoms with Gasteiger partial charge in [0.05, 0.1) is 11.6 Å². The molecule has 1 amide bonds. The van der Waals surface area contributed by atoms with Gasteiger partial charge in [-0.05, 0) is 48.9 Å². The molecule has 0 heterocycles. The highest BCUT2D eigenvalue weighted by molar-refractivity contribution is 5.96. The summed E-state index contributed by atoms with van der Waals surface area (Å²) < 4.78 is 10.5. The number of carbonyl (C=O) groups is 2. The highest BCUT2D eigenvalue weighted by Crippen LogP contribution is 2.14. The second-order valence-electron chi connectivity index (χ2n) is 5.76. The van der Waals surface area contributed by atoms with Crippen LogP contribution >= 0.6 is 0 Å². The van der Waals surface area contributed by atoms with Crippen molar-refractivity contribution in [2.75, 3.05) is 11.9 Å². The molecule has 2 aromatic carbocycles. The van der Waals surface area contributed by atoms with Crippen molar-refractivity contribution in [3.05, 3.63) is 78.4 Å². The number of nitriles is 1. The Labute approximate surface area is 163 Å². The number of rotatable bonds is 8. The van der Waals surface area contributed by atoms with Crippen molar-refractivity contribution in [3.8, 4) is 11.8 Å². The molecule has 0 aliphatic heterocycles. The van der Waals surface area contributed by atoms with Crippen molar-refractivity contribution in [1.29, 1.82) is 5.26 Å². The first-order valence-corrected chi connectivity index (χ1v) is 8.55. The minimum absolute atomic E-state index is 0.419. The molecule has 0 radical (unpaired) electrons. The maximum Gasteiger partial charge on any atom is 0.331 e. The molecule has 142 valence electrons. The molecule has 1 atom stereocenters. The van der Waals surface area contributed by atoms with Crippen LogP contribution in [0.1, 0.15) is 18.1 Å². The number of esters is 1. The quantitative estimate of drug-likeness (QED) is 0.431. The normalized spacial score (nSPS) is 11.3. The molecule has 6 nitrogen and oxygen atoms in total. The Morgan fingerprint density at radius 2 is 2.00 bits per heavy atom. The van der Waals surface area contributed by atoms with Crippen LogP contribution in [0.15, 0.2) is 67.3 Å². The average Bonchev–Trinajstić information content (AvgIpc) is 2.71. The van der Waals surface area contributed by atoms with E-state index >= 15 is 0 Å². The summed E-state index contributed by atoms with van der Waals surface area (Å²) in [5.74, 6) is -0.425. The Hall–Kier alpha value is -3.85. The van der Waals surface area contributed by atoms with E-state index in [1.54, 1.807) is 54.6 Å². The molecule has 0 fully saturated rings. The molecule has 2 rings (SSSR count). The Bertz CT molecular complexity index is 911. The molecular formula is C22H20N2O4. The minimum atomic E-state index is -0.988. The number of nitrogens with zero attached hydrogens (tertiary/aromatic N) is 1. The van der Waals surface area contributed by atoms with Gasteiger partial charge in [-0.1, -0.05) is 30.9 Å². The largest absolute Gasteiger partial charge is 0.490 e. The molecule has 0 bridgehead atoms. The molecule has 6 heteroatoms. The monoisotopic (exact) mass is 376 g/mol. The fourth-order valence-electron chi connectivity index (χ4n) is 2.17. The van der Waals surface area contributed by atoms with Gasteiger partial charge >= 0.3 is 5.97 Å². The van der Waals surface area contributed by atoms with Crippen LogP contribution in [0.4, 0.5) is 5.69 Å². The molecular weight excluding hydrogens is 356 g/mol. The molecule has 0 saturated heterocycles. The molecule has 2 aromatic rings. The maximum atomic E-state index is 12.1. The van der Waals surface area contributed by atoms with Crippen molar-refractivity contribution in [3.63, 3.8) is 0 Å². The molecule has 1 unspecified atom stereocenters. The number of hydrogen-bond donors (Lipinski definition) is 1. The van der Waals surface area contributed by atoms with Gasteiger partial charge in [-0.2, -0.15) is 5.26 Å². The van der Waals surface area contributed by atoms with Gasteiger partial charge in [0.25, 0.3) is 5.91 Å². The fraction of sp³-hybridized carbons (Fsp3) is 0.136. The zero-order valence-corrected chi connectivity index (χ0v) is 15.4. The van der Waals surface area contributed by atoms with Crippen LogP contribution in [0.2, 0.25) is 0 Å². The predicted molar refractivity (Wildman–Crippen MR) is 107 cm³/mol. The molecule has 0 aliphatic carbocycles. The summed E-state index contributed by atoms with van der Waals surface area (Å²) in [6.45, 7) is 5.47. The third-order valence-corrected chi connectivity index (χ3v) is 3.58. The van der Waals surface area contributed by atoms with E-state index in [1.165, 1.54) is 19.1 Å². The molecule has 28 heavy (non-hydrogen) atoms. The van der Waals surface area contributed by atoms with Crippen LogP contribution in [0, 0.1) is 11.3 Å². The van der Waals surface area contributed by atoms with Gasteiger partial charge in [-0.25, -0.2) is 4.79 Å². The van der Waals surface area contributed by atoms with Gasteiger partial charge in [0.2, 0.25) is 0 Å². The van der Waals surface area contributed by atoms with E-state index in [2.05, 4.69) is 11.9 Å². The van der Waals surface area contributed by atoms with Gasteiger partial charge in [-0.3, -0.25) is 4.79 Å². The number of ether oxygens (including phenoxy) is 2. The second kappa shape index (κ2) is 10.3. The van der Waals surface area contributed by atoms with E-state index in [-0.39, 0.29) is 0 Å². The minimum Gasteiger partial charge on any atom is -0.490 e.